The Morgan fingerprint density at radius 3 is 2.91 bits per heavy atom. The Kier molecular flexibility index (Phi) is 8.80. The minimum Gasteiger partial charge on any atom is -0.396 e. The third-order valence-corrected chi connectivity index (χ3v) is 7.00. The fraction of sp³-hybridized carbons (Fsp3) is 0.722. The molecular formula is C18H30N2OS2. The van der Waals surface area contributed by atoms with Crippen LogP contribution < -0.4 is 0 Å². The fourth-order valence-corrected chi connectivity index (χ4v) is 5.05. The van der Waals surface area contributed by atoms with Gasteiger partial charge in [0.15, 0.2) is 0 Å². The molecule has 0 saturated carbocycles. The summed E-state index contributed by atoms with van der Waals surface area (Å²) in [7, 11) is 2.21. The lowest BCUT2D eigenvalue weighted by molar-refractivity contribution is 0.317. The van der Waals surface area contributed by atoms with E-state index in [1.54, 1.807) is 0 Å². The van der Waals surface area contributed by atoms with Crippen LogP contribution in [0.4, 0.5) is 0 Å². The molecule has 0 aromatic carbocycles. The van der Waals surface area contributed by atoms with Gasteiger partial charge in [0.2, 0.25) is 0 Å². The van der Waals surface area contributed by atoms with E-state index in [2.05, 4.69) is 42.2 Å². The van der Waals surface area contributed by atoms with Gasteiger partial charge >= 0.3 is 0 Å². The zero-order valence-electron chi connectivity index (χ0n) is 14.4. The zero-order valence-corrected chi connectivity index (χ0v) is 16.0. The van der Waals surface area contributed by atoms with E-state index in [9.17, 15) is 0 Å². The molecule has 3 nitrogen and oxygen atoms in total. The van der Waals surface area contributed by atoms with Gasteiger partial charge in [-0.1, -0.05) is 13.0 Å². The van der Waals surface area contributed by atoms with Crippen molar-refractivity contribution in [2.75, 3.05) is 37.5 Å². The van der Waals surface area contributed by atoms with Crippen LogP contribution in [0.15, 0.2) is 18.3 Å². The van der Waals surface area contributed by atoms with Crippen molar-refractivity contribution in [2.45, 2.75) is 43.9 Å². The maximum atomic E-state index is 8.82. The molecule has 0 radical (unpaired) electrons. The van der Waals surface area contributed by atoms with Crippen molar-refractivity contribution in [1.82, 2.24) is 9.88 Å². The van der Waals surface area contributed by atoms with Crippen LogP contribution >= 0.6 is 23.5 Å². The van der Waals surface area contributed by atoms with Crippen LogP contribution in [0.1, 0.15) is 43.5 Å². The SMILES string of the molecule is CC(CSCCCc1ccc(C2CCCN2C)cn1)SCCO. The summed E-state index contributed by atoms with van der Waals surface area (Å²) in [5.41, 5.74) is 2.59. The summed E-state index contributed by atoms with van der Waals surface area (Å²) >= 11 is 3.88. The monoisotopic (exact) mass is 354 g/mol. The van der Waals surface area contributed by atoms with E-state index in [0.29, 0.717) is 11.3 Å². The first-order valence-corrected chi connectivity index (χ1v) is 10.9. The fourth-order valence-electron chi connectivity index (χ4n) is 3.02. The van der Waals surface area contributed by atoms with Crippen molar-refractivity contribution in [3.63, 3.8) is 0 Å². The summed E-state index contributed by atoms with van der Waals surface area (Å²) < 4.78 is 0. The lowest BCUT2D eigenvalue weighted by atomic mass is 10.1. The summed E-state index contributed by atoms with van der Waals surface area (Å²) in [5, 5.41) is 9.45. The highest BCUT2D eigenvalue weighted by molar-refractivity contribution is 8.03. The van der Waals surface area contributed by atoms with Gasteiger partial charge in [0.25, 0.3) is 0 Å². The summed E-state index contributed by atoms with van der Waals surface area (Å²) in [6.45, 7) is 3.74. The average Bonchev–Trinajstić information content (AvgIpc) is 2.99. The molecule has 1 aromatic rings. The third-order valence-electron chi connectivity index (χ3n) is 4.32. The quantitative estimate of drug-likeness (QED) is 0.649. The van der Waals surface area contributed by atoms with Crippen LogP contribution in [0.5, 0.6) is 0 Å². The summed E-state index contributed by atoms with van der Waals surface area (Å²) in [5.74, 6) is 3.22. The summed E-state index contributed by atoms with van der Waals surface area (Å²) in [6, 6.07) is 5.06. The number of likely N-dealkylation sites (tertiary alicyclic amines) is 1. The lowest BCUT2D eigenvalue weighted by Gasteiger charge is -2.19. The predicted octanol–water partition coefficient (Wildman–Crippen LogP) is 3.63. The van der Waals surface area contributed by atoms with Gasteiger partial charge in [-0.25, -0.2) is 0 Å². The van der Waals surface area contributed by atoms with Crippen LogP contribution in [0.3, 0.4) is 0 Å². The molecule has 2 atom stereocenters. The molecule has 0 bridgehead atoms. The zero-order chi connectivity index (χ0) is 16.5. The van der Waals surface area contributed by atoms with Crippen LogP contribution in [0, 0.1) is 0 Å². The van der Waals surface area contributed by atoms with E-state index >= 15 is 0 Å². The Balaban J connectivity index is 1.63. The van der Waals surface area contributed by atoms with Crippen molar-refractivity contribution >= 4 is 23.5 Å². The first kappa shape index (κ1) is 19.1. The second-order valence-corrected chi connectivity index (χ2v) is 9.00. The van der Waals surface area contributed by atoms with E-state index in [4.69, 9.17) is 5.11 Å². The smallest absolute Gasteiger partial charge is 0.0521 e. The predicted molar refractivity (Wildman–Crippen MR) is 103 cm³/mol. The second-order valence-electron chi connectivity index (χ2n) is 6.30. The number of nitrogens with zero attached hydrogens (tertiary/aromatic N) is 2. The van der Waals surface area contributed by atoms with Gasteiger partial charge in [0.1, 0.15) is 0 Å². The molecule has 2 heterocycles. The number of thioether (sulfide) groups is 2. The first-order valence-electron chi connectivity index (χ1n) is 8.66. The number of aliphatic hydroxyl groups excluding tert-OH is 1. The standard InChI is InChI=1S/C18H30N2OS2/c1-15(23-12-10-21)14-22-11-4-5-17-8-7-16(13-19-17)18-6-3-9-20(18)2/h7-8,13,15,18,21H,3-6,9-12,14H2,1-2H3. The van der Waals surface area contributed by atoms with Gasteiger partial charge < -0.3 is 5.11 Å². The molecule has 23 heavy (non-hydrogen) atoms. The summed E-state index contributed by atoms with van der Waals surface area (Å²) in [6.07, 6.45) is 6.92. The van der Waals surface area contributed by atoms with Crippen molar-refractivity contribution in [3.05, 3.63) is 29.6 Å². The minimum atomic E-state index is 0.290. The molecule has 0 aliphatic carbocycles. The molecular weight excluding hydrogens is 324 g/mol. The first-order chi connectivity index (χ1) is 11.2. The normalized spacial score (nSPS) is 20.0. The van der Waals surface area contributed by atoms with Crippen molar-refractivity contribution in [3.8, 4) is 0 Å². The molecule has 2 rings (SSSR count). The molecule has 1 fully saturated rings. The van der Waals surface area contributed by atoms with Crippen LogP contribution in [-0.2, 0) is 6.42 Å². The van der Waals surface area contributed by atoms with Crippen LogP contribution in [0.2, 0.25) is 0 Å². The molecule has 1 aliphatic rings. The number of aryl methyl sites for hydroxylation is 1. The van der Waals surface area contributed by atoms with Gasteiger partial charge in [-0.2, -0.15) is 23.5 Å². The maximum absolute atomic E-state index is 8.82. The van der Waals surface area contributed by atoms with E-state index in [0.717, 1.165) is 12.2 Å². The highest BCUT2D eigenvalue weighted by Gasteiger charge is 2.22. The van der Waals surface area contributed by atoms with Crippen molar-refractivity contribution in [2.24, 2.45) is 0 Å². The lowest BCUT2D eigenvalue weighted by Crippen LogP contribution is -2.17. The molecule has 1 aromatic heterocycles. The maximum Gasteiger partial charge on any atom is 0.0521 e. The number of aromatic nitrogens is 1. The van der Waals surface area contributed by atoms with Gasteiger partial charge in [-0.15, -0.1) is 0 Å². The van der Waals surface area contributed by atoms with Gasteiger partial charge in [-0.05, 0) is 56.7 Å². The Labute approximate surface area is 149 Å². The molecule has 2 unspecified atom stereocenters. The Hall–Kier alpha value is -0.230. The Bertz CT molecular complexity index is 441. The highest BCUT2D eigenvalue weighted by Crippen LogP contribution is 2.29. The van der Waals surface area contributed by atoms with E-state index in [1.807, 2.05) is 23.5 Å². The number of pyridine rings is 1. The Morgan fingerprint density at radius 1 is 1.39 bits per heavy atom. The third kappa shape index (κ3) is 6.65. The molecule has 1 N–H and O–H groups in total. The molecule has 1 saturated heterocycles. The number of hydrogen-bond donors (Lipinski definition) is 1. The molecule has 0 spiro atoms. The van der Waals surface area contributed by atoms with E-state index in [-0.39, 0.29) is 6.61 Å². The van der Waals surface area contributed by atoms with Gasteiger partial charge in [0, 0.05) is 34.7 Å². The molecule has 0 amide bonds. The number of rotatable bonds is 10. The molecule has 1 aliphatic heterocycles. The van der Waals surface area contributed by atoms with E-state index < -0.39 is 0 Å². The van der Waals surface area contributed by atoms with Gasteiger partial charge in [0.05, 0.1) is 6.61 Å². The van der Waals surface area contributed by atoms with Crippen molar-refractivity contribution < 1.29 is 5.11 Å². The highest BCUT2D eigenvalue weighted by atomic mass is 32.2. The molecule has 130 valence electrons. The Morgan fingerprint density at radius 2 is 2.26 bits per heavy atom. The topological polar surface area (TPSA) is 36.4 Å². The van der Waals surface area contributed by atoms with E-state index in [1.165, 1.54) is 48.6 Å². The van der Waals surface area contributed by atoms with Crippen LogP contribution in [0.25, 0.3) is 0 Å². The van der Waals surface area contributed by atoms with Gasteiger partial charge in [-0.3, -0.25) is 9.88 Å². The largest absolute Gasteiger partial charge is 0.396 e. The number of aliphatic hydroxyl groups is 1. The molecule has 5 heteroatoms. The second kappa shape index (κ2) is 10.6. The average molecular weight is 355 g/mol. The minimum absolute atomic E-state index is 0.290. The van der Waals surface area contributed by atoms with Crippen LogP contribution in [-0.4, -0.2) is 57.7 Å². The van der Waals surface area contributed by atoms with Crippen molar-refractivity contribution in [1.29, 1.82) is 0 Å². The number of hydrogen-bond acceptors (Lipinski definition) is 5. The summed E-state index contributed by atoms with van der Waals surface area (Å²) in [4.78, 5) is 7.10.